The molecule has 2 rings (SSSR count). The van der Waals surface area contributed by atoms with Crippen molar-refractivity contribution in [1.82, 2.24) is 9.62 Å². The molecule has 0 unspecified atom stereocenters. The highest BCUT2D eigenvalue weighted by molar-refractivity contribution is 7.91. The van der Waals surface area contributed by atoms with Crippen LogP contribution in [-0.4, -0.2) is 51.1 Å². The highest BCUT2D eigenvalue weighted by atomic mass is 32.2. The predicted octanol–water partition coefficient (Wildman–Crippen LogP) is 1.07. The summed E-state index contributed by atoms with van der Waals surface area (Å²) in [5.74, 6) is -0.766. The van der Waals surface area contributed by atoms with Gasteiger partial charge < -0.3 is 10.0 Å². The lowest BCUT2D eigenvalue weighted by atomic mass is 9.98. The molecule has 0 aliphatic carbocycles. The van der Waals surface area contributed by atoms with Crippen LogP contribution in [0.1, 0.15) is 23.2 Å². The van der Waals surface area contributed by atoms with Gasteiger partial charge >= 0.3 is 5.97 Å². The summed E-state index contributed by atoms with van der Waals surface area (Å²) in [4.78, 5) is 13.0. The lowest BCUT2D eigenvalue weighted by Gasteiger charge is -2.28. The Morgan fingerprint density at radius 1 is 1.50 bits per heavy atom. The van der Waals surface area contributed by atoms with Gasteiger partial charge in [-0.1, -0.05) is 0 Å². The van der Waals surface area contributed by atoms with Gasteiger partial charge in [0, 0.05) is 11.9 Å². The SMILES string of the molecule is CN1CCC(CNS(=O)(=O)c2cc(C(=O)O)cs2)CC1. The number of hydrogen-bond acceptors (Lipinski definition) is 5. The third-order valence-corrected chi connectivity index (χ3v) is 6.35. The van der Waals surface area contributed by atoms with Crippen molar-refractivity contribution in [3.63, 3.8) is 0 Å². The van der Waals surface area contributed by atoms with Gasteiger partial charge in [-0.2, -0.15) is 0 Å². The van der Waals surface area contributed by atoms with Gasteiger partial charge in [0.05, 0.1) is 5.56 Å². The van der Waals surface area contributed by atoms with Crippen molar-refractivity contribution in [2.75, 3.05) is 26.7 Å². The van der Waals surface area contributed by atoms with Crippen molar-refractivity contribution < 1.29 is 18.3 Å². The van der Waals surface area contributed by atoms with E-state index in [9.17, 15) is 13.2 Å². The van der Waals surface area contributed by atoms with Crippen molar-refractivity contribution >= 4 is 27.3 Å². The van der Waals surface area contributed by atoms with E-state index < -0.39 is 16.0 Å². The van der Waals surface area contributed by atoms with Gasteiger partial charge in [0.15, 0.2) is 0 Å². The van der Waals surface area contributed by atoms with Crippen LogP contribution in [0.3, 0.4) is 0 Å². The van der Waals surface area contributed by atoms with Crippen LogP contribution in [0, 0.1) is 5.92 Å². The van der Waals surface area contributed by atoms with E-state index in [4.69, 9.17) is 5.11 Å². The molecule has 8 heteroatoms. The average Bonchev–Trinajstić information content (AvgIpc) is 2.89. The number of sulfonamides is 1. The summed E-state index contributed by atoms with van der Waals surface area (Å²) >= 11 is 0.932. The zero-order chi connectivity index (χ0) is 14.8. The molecule has 1 aromatic heterocycles. The molecule has 1 aliphatic heterocycles. The summed E-state index contributed by atoms with van der Waals surface area (Å²) in [6, 6.07) is 1.20. The van der Waals surface area contributed by atoms with Crippen molar-refractivity contribution in [1.29, 1.82) is 0 Å². The molecule has 6 nitrogen and oxygen atoms in total. The van der Waals surface area contributed by atoms with Gasteiger partial charge in [0.2, 0.25) is 10.0 Å². The lowest BCUT2D eigenvalue weighted by Crippen LogP contribution is -2.36. The zero-order valence-electron chi connectivity index (χ0n) is 11.2. The Kier molecular flexibility index (Phi) is 4.79. The number of rotatable bonds is 5. The van der Waals surface area contributed by atoms with E-state index in [1.807, 2.05) is 0 Å². The second kappa shape index (κ2) is 6.21. The van der Waals surface area contributed by atoms with E-state index in [1.165, 1.54) is 11.4 Å². The molecular formula is C12H18N2O4S2. The number of nitrogens with zero attached hydrogens (tertiary/aromatic N) is 1. The molecule has 1 saturated heterocycles. The summed E-state index contributed by atoms with van der Waals surface area (Å²) < 4.78 is 26.8. The normalized spacial score (nSPS) is 18.2. The van der Waals surface area contributed by atoms with Crippen LogP contribution >= 0.6 is 11.3 Å². The van der Waals surface area contributed by atoms with Crippen LogP contribution in [0.25, 0.3) is 0 Å². The molecule has 112 valence electrons. The van der Waals surface area contributed by atoms with Gasteiger partial charge in [-0.15, -0.1) is 11.3 Å². The molecule has 2 N–H and O–H groups in total. The average molecular weight is 318 g/mol. The maximum absolute atomic E-state index is 12.1. The third-order valence-electron chi connectivity index (χ3n) is 3.49. The number of likely N-dealkylation sites (tertiary alicyclic amines) is 1. The first kappa shape index (κ1) is 15.4. The number of aromatic carboxylic acids is 1. The first-order chi connectivity index (χ1) is 9.38. The van der Waals surface area contributed by atoms with Crippen LogP contribution in [0.2, 0.25) is 0 Å². The molecular weight excluding hydrogens is 300 g/mol. The zero-order valence-corrected chi connectivity index (χ0v) is 12.8. The maximum Gasteiger partial charge on any atom is 0.336 e. The molecule has 1 aliphatic rings. The van der Waals surface area contributed by atoms with E-state index in [0.717, 1.165) is 37.3 Å². The van der Waals surface area contributed by atoms with Gasteiger partial charge in [-0.25, -0.2) is 17.9 Å². The molecule has 0 amide bonds. The van der Waals surface area contributed by atoms with Gasteiger partial charge in [0.1, 0.15) is 4.21 Å². The van der Waals surface area contributed by atoms with Gasteiger partial charge in [-0.3, -0.25) is 0 Å². The number of thiophene rings is 1. The minimum Gasteiger partial charge on any atom is -0.478 e. The second-order valence-electron chi connectivity index (χ2n) is 5.06. The first-order valence-electron chi connectivity index (χ1n) is 6.38. The van der Waals surface area contributed by atoms with E-state index in [0.29, 0.717) is 12.5 Å². The Bertz CT molecular complexity index is 574. The van der Waals surface area contributed by atoms with E-state index in [-0.39, 0.29) is 9.77 Å². The molecule has 20 heavy (non-hydrogen) atoms. The minimum absolute atomic E-state index is 0.00895. The highest BCUT2D eigenvalue weighted by Gasteiger charge is 2.22. The van der Waals surface area contributed by atoms with Crippen LogP contribution in [-0.2, 0) is 10.0 Å². The number of piperidine rings is 1. The summed E-state index contributed by atoms with van der Waals surface area (Å²) in [5, 5.41) is 10.1. The Morgan fingerprint density at radius 2 is 2.15 bits per heavy atom. The third kappa shape index (κ3) is 3.78. The number of carboxylic acid groups (broad SMARTS) is 1. The molecule has 0 atom stereocenters. The van der Waals surface area contributed by atoms with Gasteiger partial charge in [0.25, 0.3) is 0 Å². The van der Waals surface area contributed by atoms with Crippen LogP contribution in [0.15, 0.2) is 15.7 Å². The Labute approximate surface area is 122 Å². The Hall–Kier alpha value is -0.960. The van der Waals surface area contributed by atoms with E-state index in [1.54, 1.807) is 0 Å². The molecule has 0 bridgehead atoms. The number of carboxylic acids is 1. The molecule has 1 aromatic rings. The summed E-state index contributed by atoms with van der Waals surface area (Å²) in [6.45, 7) is 2.37. The Balaban J connectivity index is 1.95. The number of carbonyl (C=O) groups is 1. The quantitative estimate of drug-likeness (QED) is 0.848. The van der Waals surface area contributed by atoms with Crippen LogP contribution in [0.5, 0.6) is 0 Å². The molecule has 2 heterocycles. The second-order valence-corrected chi connectivity index (χ2v) is 7.96. The maximum atomic E-state index is 12.1. The van der Waals surface area contributed by atoms with Crippen LogP contribution < -0.4 is 4.72 Å². The topological polar surface area (TPSA) is 86.7 Å². The fourth-order valence-electron chi connectivity index (χ4n) is 2.13. The smallest absolute Gasteiger partial charge is 0.336 e. The predicted molar refractivity (Wildman–Crippen MR) is 76.7 cm³/mol. The van der Waals surface area contributed by atoms with Crippen molar-refractivity contribution in [3.05, 3.63) is 17.0 Å². The summed E-state index contributed by atoms with van der Waals surface area (Å²) in [7, 11) is -1.54. The fourth-order valence-corrected chi connectivity index (χ4v) is 4.45. The monoisotopic (exact) mass is 318 g/mol. The number of hydrogen-bond donors (Lipinski definition) is 2. The highest BCUT2D eigenvalue weighted by Crippen LogP contribution is 2.21. The standard InChI is InChI=1S/C12H18N2O4S2/c1-14-4-2-9(3-5-14)7-13-20(17,18)11-6-10(8-19-11)12(15)16/h6,8-9,13H,2-5,7H2,1H3,(H,15,16). The van der Waals surface area contributed by atoms with Crippen molar-refractivity contribution in [2.45, 2.75) is 17.1 Å². The van der Waals surface area contributed by atoms with Crippen LogP contribution in [0.4, 0.5) is 0 Å². The largest absolute Gasteiger partial charge is 0.478 e. The molecule has 0 aromatic carbocycles. The number of nitrogens with one attached hydrogen (secondary N) is 1. The summed E-state index contributed by atoms with van der Waals surface area (Å²) in [5.41, 5.74) is 0.00895. The first-order valence-corrected chi connectivity index (χ1v) is 8.75. The minimum atomic E-state index is -3.59. The van der Waals surface area contributed by atoms with E-state index >= 15 is 0 Å². The molecule has 0 radical (unpaired) electrons. The molecule has 0 spiro atoms. The lowest BCUT2D eigenvalue weighted by molar-refractivity contribution is 0.0697. The fraction of sp³-hybridized carbons (Fsp3) is 0.583. The Morgan fingerprint density at radius 3 is 2.70 bits per heavy atom. The van der Waals surface area contributed by atoms with Crippen molar-refractivity contribution in [3.8, 4) is 0 Å². The summed E-state index contributed by atoms with van der Waals surface area (Å²) in [6.07, 6.45) is 1.95. The van der Waals surface area contributed by atoms with E-state index in [2.05, 4.69) is 16.7 Å². The molecule has 0 saturated carbocycles. The molecule has 1 fully saturated rings. The van der Waals surface area contributed by atoms with Crippen molar-refractivity contribution in [2.24, 2.45) is 5.92 Å². The van der Waals surface area contributed by atoms with Gasteiger partial charge in [-0.05, 0) is 45.0 Å².